The van der Waals surface area contributed by atoms with E-state index in [9.17, 15) is 18.0 Å². The summed E-state index contributed by atoms with van der Waals surface area (Å²) in [5, 5.41) is 3.77. The summed E-state index contributed by atoms with van der Waals surface area (Å²) in [6, 6.07) is 26.9. The van der Waals surface area contributed by atoms with Crippen LogP contribution < -0.4 is 9.62 Å². The number of rotatable bonds is 13. The Kier molecular flexibility index (Phi) is 11.9. The fraction of sp³-hybridized carbons (Fsp3) is 0.278. The number of nitrogens with one attached hydrogen (secondary N) is 1. The number of hydrogen-bond donors (Lipinski definition) is 1. The monoisotopic (exact) mass is 679 g/mol. The van der Waals surface area contributed by atoms with Crippen LogP contribution >= 0.6 is 23.2 Å². The van der Waals surface area contributed by atoms with Gasteiger partial charge in [-0.3, -0.25) is 13.9 Å². The zero-order valence-corrected chi connectivity index (χ0v) is 28.7. The predicted octanol–water partition coefficient (Wildman–Crippen LogP) is 7.22. The molecular formula is C36H39Cl2N3O4S. The number of aryl methyl sites for hydroxylation is 1. The Morgan fingerprint density at radius 3 is 2.09 bits per heavy atom. The van der Waals surface area contributed by atoms with Gasteiger partial charge in [-0.25, -0.2) is 8.42 Å². The lowest BCUT2D eigenvalue weighted by Crippen LogP contribution is -2.53. The van der Waals surface area contributed by atoms with E-state index in [2.05, 4.69) is 5.32 Å². The standard InChI is InChI=1S/C36H39Cl2N3O4S/c1-25(2)22-39-36(43)34(21-28-11-6-5-7-12-28)40(23-29-13-8-9-14-32(29)38)35(42)24-41(33-16-10-15-31(37)27(33)4)46(44,45)30-19-17-26(3)18-20-30/h5-20,25,34H,21-24H2,1-4H3,(H,39,43)/t34-/m1/s1. The van der Waals surface area contributed by atoms with Crippen molar-refractivity contribution in [1.82, 2.24) is 10.2 Å². The molecule has 0 fully saturated rings. The molecule has 0 heterocycles. The second-order valence-corrected chi connectivity index (χ2v) is 14.3. The van der Waals surface area contributed by atoms with E-state index in [-0.39, 0.29) is 35.4 Å². The van der Waals surface area contributed by atoms with Crippen LogP contribution in [0.5, 0.6) is 0 Å². The Balaban J connectivity index is 1.84. The molecule has 0 saturated heterocycles. The van der Waals surface area contributed by atoms with E-state index in [1.165, 1.54) is 17.0 Å². The van der Waals surface area contributed by atoms with E-state index in [0.29, 0.717) is 27.7 Å². The topological polar surface area (TPSA) is 86.8 Å². The molecule has 0 aromatic heterocycles. The summed E-state index contributed by atoms with van der Waals surface area (Å²) in [6.45, 7) is 7.36. The first kappa shape index (κ1) is 35.0. The highest BCUT2D eigenvalue weighted by atomic mass is 35.5. The van der Waals surface area contributed by atoms with Crippen molar-refractivity contribution in [1.29, 1.82) is 0 Å². The van der Waals surface area contributed by atoms with Gasteiger partial charge in [0.1, 0.15) is 12.6 Å². The second kappa shape index (κ2) is 15.6. The number of anilines is 1. The van der Waals surface area contributed by atoms with Gasteiger partial charge in [0.25, 0.3) is 10.0 Å². The number of hydrogen-bond acceptors (Lipinski definition) is 4. The Morgan fingerprint density at radius 1 is 0.804 bits per heavy atom. The molecule has 4 rings (SSSR count). The Hall–Kier alpha value is -3.85. The first-order chi connectivity index (χ1) is 21.9. The zero-order valence-electron chi connectivity index (χ0n) is 26.4. The van der Waals surface area contributed by atoms with Gasteiger partial charge in [-0.05, 0) is 66.8 Å². The number of sulfonamides is 1. The van der Waals surface area contributed by atoms with Gasteiger partial charge in [0.2, 0.25) is 11.8 Å². The summed E-state index contributed by atoms with van der Waals surface area (Å²) in [5.41, 5.74) is 3.13. The van der Waals surface area contributed by atoms with E-state index < -0.39 is 28.5 Å². The van der Waals surface area contributed by atoms with Gasteiger partial charge >= 0.3 is 0 Å². The highest BCUT2D eigenvalue weighted by Gasteiger charge is 2.35. The fourth-order valence-electron chi connectivity index (χ4n) is 5.00. The quantitative estimate of drug-likeness (QED) is 0.162. The van der Waals surface area contributed by atoms with Crippen molar-refractivity contribution < 1.29 is 18.0 Å². The number of carbonyl (C=O) groups is 2. The SMILES string of the molecule is Cc1ccc(S(=O)(=O)N(CC(=O)N(Cc2ccccc2Cl)[C@H](Cc2ccccc2)C(=O)NCC(C)C)c2cccc(Cl)c2C)cc1. The number of nitrogens with zero attached hydrogens (tertiary/aromatic N) is 2. The minimum Gasteiger partial charge on any atom is -0.354 e. The third kappa shape index (κ3) is 8.69. The summed E-state index contributed by atoms with van der Waals surface area (Å²) in [5.74, 6) is -0.740. The van der Waals surface area contributed by atoms with Crippen molar-refractivity contribution in [2.24, 2.45) is 5.92 Å². The van der Waals surface area contributed by atoms with E-state index in [1.807, 2.05) is 51.1 Å². The van der Waals surface area contributed by atoms with Crippen molar-refractivity contribution in [3.05, 3.63) is 129 Å². The van der Waals surface area contributed by atoms with Gasteiger partial charge in [0.05, 0.1) is 10.6 Å². The van der Waals surface area contributed by atoms with Crippen molar-refractivity contribution in [2.75, 3.05) is 17.4 Å². The molecule has 242 valence electrons. The van der Waals surface area contributed by atoms with Crippen molar-refractivity contribution in [2.45, 2.75) is 51.6 Å². The highest BCUT2D eigenvalue weighted by molar-refractivity contribution is 7.92. The lowest BCUT2D eigenvalue weighted by Gasteiger charge is -2.34. The van der Waals surface area contributed by atoms with E-state index in [4.69, 9.17) is 23.2 Å². The molecule has 0 bridgehead atoms. The van der Waals surface area contributed by atoms with Crippen molar-refractivity contribution >= 4 is 50.7 Å². The third-order valence-electron chi connectivity index (χ3n) is 7.65. The molecule has 7 nitrogen and oxygen atoms in total. The molecule has 10 heteroatoms. The summed E-state index contributed by atoms with van der Waals surface area (Å²) < 4.78 is 29.6. The molecule has 0 spiro atoms. The minimum atomic E-state index is -4.25. The van der Waals surface area contributed by atoms with Gasteiger partial charge in [0.15, 0.2) is 0 Å². The van der Waals surface area contributed by atoms with Gasteiger partial charge in [-0.15, -0.1) is 0 Å². The average molecular weight is 681 g/mol. The maximum atomic E-state index is 14.6. The molecule has 4 aromatic rings. The van der Waals surface area contributed by atoms with Crippen LogP contribution in [0.4, 0.5) is 5.69 Å². The number of amides is 2. The van der Waals surface area contributed by atoms with E-state index in [0.717, 1.165) is 15.4 Å². The van der Waals surface area contributed by atoms with Crippen LogP contribution in [0.2, 0.25) is 10.0 Å². The molecule has 0 aliphatic heterocycles. The highest BCUT2D eigenvalue weighted by Crippen LogP contribution is 2.32. The third-order valence-corrected chi connectivity index (χ3v) is 10.2. The first-order valence-corrected chi connectivity index (χ1v) is 17.3. The average Bonchev–Trinajstić information content (AvgIpc) is 3.03. The Morgan fingerprint density at radius 2 is 1.43 bits per heavy atom. The van der Waals surface area contributed by atoms with Crippen LogP contribution in [0.15, 0.2) is 102 Å². The molecule has 1 atom stereocenters. The largest absolute Gasteiger partial charge is 0.354 e. The normalized spacial score (nSPS) is 12.1. The van der Waals surface area contributed by atoms with Crippen LogP contribution in [0.3, 0.4) is 0 Å². The molecule has 2 amide bonds. The molecule has 0 saturated carbocycles. The van der Waals surface area contributed by atoms with Crippen molar-refractivity contribution in [3.8, 4) is 0 Å². The molecule has 4 aromatic carbocycles. The van der Waals surface area contributed by atoms with Crippen LogP contribution in [0.1, 0.15) is 36.1 Å². The molecule has 0 radical (unpaired) electrons. The molecule has 0 unspecified atom stereocenters. The number of halogens is 2. The van der Waals surface area contributed by atoms with Crippen molar-refractivity contribution in [3.63, 3.8) is 0 Å². The first-order valence-electron chi connectivity index (χ1n) is 15.1. The molecule has 0 aliphatic rings. The maximum Gasteiger partial charge on any atom is 0.264 e. The summed E-state index contributed by atoms with van der Waals surface area (Å²) in [6.07, 6.45) is 0.210. The molecule has 46 heavy (non-hydrogen) atoms. The van der Waals surface area contributed by atoms with E-state index in [1.54, 1.807) is 61.5 Å². The fourth-order valence-corrected chi connectivity index (χ4v) is 6.84. The molecule has 1 N–H and O–H groups in total. The lowest BCUT2D eigenvalue weighted by molar-refractivity contribution is -0.140. The Labute approximate surface area is 282 Å². The zero-order chi connectivity index (χ0) is 33.4. The lowest BCUT2D eigenvalue weighted by atomic mass is 10.0. The van der Waals surface area contributed by atoms with Crippen LogP contribution in [0, 0.1) is 19.8 Å². The van der Waals surface area contributed by atoms with Crippen LogP contribution in [0.25, 0.3) is 0 Å². The number of carbonyl (C=O) groups excluding carboxylic acids is 2. The van der Waals surface area contributed by atoms with Gasteiger partial charge < -0.3 is 10.2 Å². The van der Waals surface area contributed by atoms with Gasteiger partial charge in [0, 0.05) is 29.6 Å². The van der Waals surface area contributed by atoms with E-state index >= 15 is 0 Å². The van der Waals surface area contributed by atoms with Crippen LogP contribution in [-0.2, 0) is 32.6 Å². The summed E-state index contributed by atoms with van der Waals surface area (Å²) in [7, 11) is -4.25. The Bertz CT molecular complexity index is 1760. The van der Waals surface area contributed by atoms with Crippen LogP contribution in [-0.4, -0.2) is 44.3 Å². The predicted molar refractivity (Wildman–Crippen MR) is 186 cm³/mol. The molecular weight excluding hydrogens is 641 g/mol. The molecule has 0 aliphatic carbocycles. The second-order valence-electron chi connectivity index (χ2n) is 11.7. The number of benzene rings is 4. The maximum absolute atomic E-state index is 14.6. The minimum absolute atomic E-state index is 0.0158. The summed E-state index contributed by atoms with van der Waals surface area (Å²) >= 11 is 13.0. The van der Waals surface area contributed by atoms with Gasteiger partial charge in [-0.2, -0.15) is 0 Å². The van der Waals surface area contributed by atoms with Gasteiger partial charge in [-0.1, -0.05) is 109 Å². The smallest absolute Gasteiger partial charge is 0.264 e. The summed E-state index contributed by atoms with van der Waals surface area (Å²) in [4.78, 5) is 30.0.